The van der Waals surface area contributed by atoms with E-state index in [1.165, 1.54) is 17.8 Å². The minimum atomic E-state index is -0.314. The number of thiocarbonyl (C=S) groups is 1. The second kappa shape index (κ2) is 9.60. The lowest BCUT2D eigenvalue weighted by Crippen LogP contribution is -2.35. The summed E-state index contributed by atoms with van der Waals surface area (Å²) in [5.41, 5.74) is 1.19. The van der Waals surface area contributed by atoms with E-state index in [1.807, 2.05) is 12.1 Å². The first-order valence-corrected chi connectivity index (χ1v) is 11.6. The largest absolute Gasteiger partial charge is 0.488 e. The summed E-state index contributed by atoms with van der Waals surface area (Å²) in [5, 5.41) is 0. The first-order chi connectivity index (χ1) is 14.5. The van der Waals surface area contributed by atoms with Gasteiger partial charge in [0, 0.05) is 22.2 Å². The summed E-state index contributed by atoms with van der Waals surface area (Å²) in [6, 6.07) is 12.0. The quantitative estimate of drug-likeness (QED) is 0.378. The number of rotatable bonds is 6. The van der Waals surface area contributed by atoms with E-state index >= 15 is 0 Å². The molecule has 0 bridgehead atoms. The second-order valence-corrected chi connectivity index (χ2v) is 9.58. The van der Waals surface area contributed by atoms with Crippen LogP contribution in [-0.4, -0.2) is 34.4 Å². The molecule has 2 saturated heterocycles. The van der Waals surface area contributed by atoms with Crippen molar-refractivity contribution in [2.24, 2.45) is 0 Å². The van der Waals surface area contributed by atoms with Crippen molar-refractivity contribution >= 4 is 56.2 Å². The fourth-order valence-corrected chi connectivity index (χ4v) is 4.97. The SMILES string of the molecule is O=C1/C(=C/c2cc(Br)ccc2OCc2ccccc2F)SC(=S)N1C[C@H]1CCCO1. The molecule has 1 atom stereocenters. The molecule has 0 aromatic heterocycles. The maximum Gasteiger partial charge on any atom is 0.266 e. The van der Waals surface area contributed by atoms with Crippen molar-refractivity contribution in [2.45, 2.75) is 25.6 Å². The van der Waals surface area contributed by atoms with E-state index in [0.717, 1.165) is 29.5 Å². The van der Waals surface area contributed by atoms with Crippen molar-refractivity contribution < 1.29 is 18.7 Å². The standard InChI is InChI=1S/C22H19BrFNO3S2/c23-16-7-8-19(28-13-14-4-1-2-6-18(14)24)15(10-16)11-20-21(26)25(22(29)30-20)12-17-5-3-9-27-17/h1-2,4,6-8,10-11,17H,3,5,9,12-13H2/b20-11-/t17-/m1/s1. The Bertz CT molecular complexity index is 1010. The van der Waals surface area contributed by atoms with E-state index in [-0.39, 0.29) is 24.4 Å². The van der Waals surface area contributed by atoms with Gasteiger partial charge < -0.3 is 9.47 Å². The van der Waals surface area contributed by atoms with Gasteiger partial charge >= 0.3 is 0 Å². The summed E-state index contributed by atoms with van der Waals surface area (Å²) in [4.78, 5) is 15.1. The highest BCUT2D eigenvalue weighted by Gasteiger charge is 2.34. The Morgan fingerprint density at radius 2 is 2.17 bits per heavy atom. The van der Waals surface area contributed by atoms with Gasteiger partial charge in [-0.3, -0.25) is 9.69 Å². The molecule has 4 nitrogen and oxygen atoms in total. The molecule has 0 radical (unpaired) electrons. The Morgan fingerprint density at radius 1 is 1.33 bits per heavy atom. The molecule has 0 saturated carbocycles. The van der Waals surface area contributed by atoms with Crippen LogP contribution >= 0.6 is 39.9 Å². The summed E-state index contributed by atoms with van der Waals surface area (Å²) in [7, 11) is 0. The van der Waals surface area contributed by atoms with Crippen LogP contribution in [0.1, 0.15) is 24.0 Å². The predicted octanol–water partition coefficient (Wildman–Crippen LogP) is 5.55. The van der Waals surface area contributed by atoms with Gasteiger partial charge in [0.15, 0.2) is 0 Å². The van der Waals surface area contributed by atoms with E-state index in [9.17, 15) is 9.18 Å². The second-order valence-electron chi connectivity index (χ2n) is 6.99. The molecule has 0 unspecified atom stereocenters. The number of thioether (sulfide) groups is 1. The van der Waals surface area contributed by atoms with E-state index in [0.29, 0.717) is 27.1 Å². The van der Waals surface area contributed by atoms with Crippen LogP contribution < -0.4 is 4.74 Å². The Morgan fingerprint density at radius 3 is 2.93 bits per heavy atom. The number of nitrogens with zero attached hydrogens (tertiary/aromatic N) is 1. The van der Waals surface area contributed by atoms with Gasteiger partial charge in [-0.15, -0.1) is 0 Å². The third-order valence-corrected chi connectivity index (χ3v) is 6.75. The van der Waals surface area contributed by atoms with E-state index < -0.39 is 0 Å². The van der Waals surface area contributed by atoms with Gasteiger partial charge in [0.25, 0.3) is 5.91 Å². The van der Waals surface area contributed by atoms with Crippen LogP contribution in [-0.2, 0) is 16.1 Å². The maximum atomic E-state index is 13.9. The average Bonchev–Trinajstić information content (AvgIpc) is 3.33. The fraction of sp³-hybridized carbons (Fsp3) is 0.273. The zero-order valence-electron chi connectivity index (χ0n) is 16.0. The molecule has 2 aromatic carbocycles. The van der Waals surface area contributed by atoms with E-state index in [4.69, 9.17) is 21.7 Å². The minimum Gasteiger partial charge on any atom is -0.488 e. The summed E-state index contributed by atoms with van der Waals surface area (Å²) >= 11 is 10.2. The predicted molar refractivity (Wildman–Crippen MR) is 124 cm³/mol. The first kappa shape index (κ1) is 21.5. The van der Waals surface area contributed by atoms with Crippen LogP contribution in [0, 0.1) is 5.82 Å². The molecule has 1 amide bonds. The van der Waals surface area contributed by atoms with Crippen LogP contribution in [0.25, 0.3) is 6.08 Å². The number of carbonyl (C=O) groups excluding carboxylic acids is 1. The van der Waals surface area contributed by atoms with Crippen molar-refractivity contribution in [1.29, 1.82) is 0 Å². The van der Waals surface area contributed by atoms with Crippen molar-refractivity contribution in [1.82, 2.24) is 4.90 Å². The zero-order chi connectivity index (χ0) is 21.1. The highest BCUT2D eigenvalue weighted by molar-refractivity contribution is 9.10. The van der Waals surface area contributed by atoms with Crippen LogP contribution in [0.2, 0.25) is 0 Å². The normalized spacial score (nSPS) is 20.4. The molecular weight excluding hydrogens is 489 g/mol. The third-order valence-electron chi connectivity index (χ3n) is 4.88. The topological polar surface area (TPSA) is 38.8 Å². The van der Waals surface area contributed by atoms with Gasteiger partial charge in [-0.05, 0) is 43.2 Å². The van der Waals surface area contributed by atoms with Crippen molar-refractivity contribution in [2.75, 3.05) is 13.2 Å². The number of halogens is 2. The van der Waals surface area contributed by atoms with Crippen LogP contribution in [0.5, 0.6) is 5.75 Å². The summed E-state index contributed by atoms with van der Waals surface area (Å²) < 4.78 is 26.8. The molecule has 2 aromatic rings. The van der Waals surface area contributed by atoms with Gasteiger partial charge in [-0.25, -0.2) is 4.39 Å². The lowest BCUT2D eigenvalue weighted by atomic mass is 10.1. The number of benzene rings is 2. The van der Waals surface area contributed by atoms with Crippen LogP contribution in [0.15, 0.2) is 51.8 Å². The third kappa shape index (κ3) is 4.94. The van der Waals surface area contributed by atoms with Gasteiger partial charge in [-0.1, -0.05) is 58.1 Å². The van der Waals surface area contributed by atoms with Crippen molar-refractivity contribution in [3.63, 3.8) is 0 Å². The number of ether oxygens (including phenoxy) is 2. The Kier molecular flexibility index (Phi) is 6.87. The molecule has 0 N–H and O–H groups in total. The van der Waals surface area contributed by atoms with Gasteiger partial charge in [0.1, 0.15) is 22.5 Å². The Hall–Kier alpha value is -1.74. The maximum absolute atomic E-state index is 13.9. The average molecular weight is 508 g/mol. The molecule has 4 rings (SSSR count). The highest BCUT2D eigenvalue weighted by atomic mass is 79.9. The van der Waals surface area contributed by atoms with E-state index in [1.54, 1.807) is 35.2 Å². The molecule has 0 aliphatic carbocycles. The number of hydrogen-bond donors (Lipinski definition) is 0. The van der Waals surface area contributed by atoms with Gasteiger partial charge in [-0.2, -0.15) is 0 Å². The highest BCUT2D eigenvalue weighted by Crippen LogP contribution is 2.36. The Balaban J connectivity index is 1.54. The minimum absolute atomic E-state index is 0.0392. The van der Waals surface area contributed by atoms with Crippen molar-refractivity contribution in [3.05, 3.63) is 68.8 Å². The lowest BCUT2D eigenvalue weighted by Gasteiger charge is -2.18. The molecule has 2 heterocycles. The summed E-state index contributed by atoms with van der Waals surface area (Å²) in [6.07, 6.45) is 3.76. The van der Waals surface area contributed by atoms with Crippen LogP contribution in [0.3, 0.4) is 0 Å². The molecule has 2 fully saturated rings. The molecule has 30 heavy (non-hydrogen) atoms. The molecule has 2 aliphatic rings. The van der Waals surface area contributed by atoms with E-state index in [2.05, 4.69) is 15.9 Å². The monoisotopic (exact) mass is 507 g/mol. The van der Waals surface area contributed by atoms with Gasteiger partial charge in [0.2, 0.25) is 0 Å². The molecule has 2 aliphatic heterocycles. The smallest absolute Gasteiger partial charge is 0.266 e. The number of amides is 1. The number of hydrogen-bond acceptors (Lipinski definition) is 5. The molecule has 0 spiro atoms. The molecular formula is C22H19BrFNO3S2. The summed E-state index contributed by atoms with van der Waals surface area (Å²) in [6.45, 7) is 1.31. The zero-order valence-corrected chi connectivity index (χ0v) is 19.2. The summed E-state index contributed by atoms with van der Waals surface area (Å²) in [5.74, 6) is 0.123. The first-order valence-electron chi connectivity index (χ1n) is 9.54. The lowest BCUT2D eigenvalue weighted by molar-refractivity contribution is -0.123. The van der Waals surface area contributed by atoms with Crippen molar-refractivity contribution in [3.8, 4) is 5.75 Å². The number of carbonyl (C=O) groups is 1. The molecule has 156 valence electrons. The molecule has 8 heteroatoms. The van der Waals surface area contributed by atoms with Crippen LogP contribution in [0.4, 0.5) is 4.39 Å². The fourth-order valence-electron chi connectivity index (χ4n) is 3.33. The van der Waals surface area contributed by atoms with Gasteiger partial charge in [0.05, 0.1) is 17.6 Å². The Labute approximate surface area is 192 Å².